The van der Waals surface area contributed by atoms with Crippen LogP contribution in [-0.4, -0.2) is 39.5 Å². The van der Waals surface area contributed by atoms with Gasteiger partial charge in [-0.2, -0.15) is 0 Å². The fourth-order valence-electron chi connectivity index (χ4n) is 1.64. The highest BCUT2D eigenvalue weighted by Crippen LogP contribution is 2.15. The van der Waals surface area contributed by atoms with E-state index in [-0.39, 0.29) is 0 Å². The number of hydrogen-bond acceptors (Lipinski definition) is 3. The van der Waals surface area contributed by atoms with Gasteiger partial charge < -0.3 is 14.8 Å². The van der Waals surface area contributed by atoms with Crippen LogP contribution in [0.25, 0.3) is 0 Å². The van der Waals surface area contributed by atoms with Gasteiger partial charge in [0, 0.05) is 19.8 Å². The minimum Gasteiger partial charge on any atom is -0.381 e. The topological polar surface area (TPSA) is 30.5 Å². The molecule has 0 aliphatic carbocycles. The van der Waals surface area contributed by atoms with Gasteiger partial charge >= 0.3 is 0 Å². The summed E-state index contributed by atoms with van der Waals surface area (Å²) >= 11 is 0. The van der Waals surface area contributed by atoms with E-state index >= 15 is 0 Å². The second-order valence-corrected chi connectivity index (χ2v) is 4.09. The molecule has 1 saturated heterocycles. The Balaban J connectivity index is 2.00. The lowest BCUT2D eigenvalue weighted by Gasteiger charge is -2.23. The molecular formula is C11H23NO2. The Morgan fingerprint density at radius 2 is 2.14 bits per heavy atom. The van der Waals surface area contributed by atoms with Crippen molar-refractivity contribution in [3.63, 3.8) is 0 Å². The maximum absolute atomic E-state index is 5.79. The summed E-state index contributed by atoms with van der Waals surface area (Å²) in [4.78, 5) is 0. The van der Waals surface area contributed by atoms with Crippen LogP contribution >= 0.6 is 0 Å². The molecule has 1 heterocycles. The van der Waals surface area contributed by atoms with Crippen molar-refractivity contribution in [2.75, 3.05) is 33.4 Å². The van der Waals surface area contributed by atoms with Crippen LogP contribution in [0, 0.1) is 5.92 Å². The number of ether oxygens (including phenoxy) is 2. The molecule has 0 aromatic rings. The van der Waals surface area contributed by atoms with E-state index in [4.69, 9.17) is 9.47 Å². The van der Waals surface area contributed by atoms with Gasteiger partial charge in [-0.3, -0.25) is 0 Å². The molecule has 0 aromatic heterocycles. The first-order valence-electron chi connectivity index (χ1n) is 5.67. The third kappa shape index (κ3) is 4.94. The van der Waals surface area contributed by atoms with E-state index in [1.54, 1.807) is 0 Å². The zero-order chi connectivity index (χ0) is 10.2. The Bertz CT molecular complexity index is 135. The van der Waals surface area contributed by atoms with Crippen molar-refractivity contribution in [2.24, 2.45) is 5.92 Å². The van der Waals surface area contributed by atoms with Crippen molar-refractivity contribution in [3.8, 4) is 0 Å². The van der Waals surface area contributed by atoms with Gasteiger partial charge in [-0.15, -0.1) is 0 Å². The zero-order valence-electron chi connectivity index (χ0n) is 9.42. The third-order valence-electron chi connectivity index (χ3n) is 2.76. The molecule has 0 amide bonds. The summed E-state index contributed by atoms with van der Waals surface area (Å²) in [5, 5.41) is 3.14. The van der Waals surface area contributed by atoms with Gasteiger partial charge in [-0.25, -0.2) is 0 Å². The summed E-state index contributed by atoms with van der Waals surface area (Å²) in [7, 11) is 1.98. The lowest BCUT2D eigenvalue weighted by molar-refractivity contribution is -0.00685. The molecule has 0 saturated carbocycles. The molecule has 1 aliphatic heterocycles. The van der Waals surface area contributed by atoms with Crippen molar-refractivity contribution in [1.82, 2.24) is 5.32 Å². The fourth-order valence-corrected chi connectivity index (χ4v) is 1.64. The first-order chi connectivity index (χ1) is 6.83. The summed E-state index contributed by atoms with van der Waals surface area (Å²) in [6.45, 7) is 5.93. The molecule has 0 bridgehead atoms. The summed E-state index contributed by atoms with van der Waals surface area (Å²) in [5.41, 5.74) is 0. The summed E-state index contributed by atoms with van der Waals surface area (Å²) < 4.78 is 11.1. The lowest BCUT2D eigenvalue weighted by atomic mass is 10.0. The molecule has 3 nitrogen and oxygen atoms in total. The van der Waals surface area contributed by atoms with Gasteiger partial charge in [0.2, 0.25) is 0 Å². The van der Waals surface area contributed by atoms with Gasteiger partial charge in [-0.1, -0.05) is 0 Å². The highest BCUT2D eigenvalue weighted by Gasteiger charge is 2.14. The van der Waals surface area contributed by atoms with Gasteiger partial charge in [0.1, 0.15) is 0 Å². The lowest BCUT2D eigenvalue weighted by Crippen LogP contribution is -2.24. The van der Waals surface area contributed by atoms with Gasteiger partial charge in [0.05, 0.1) is 6.10 Å². The van der Waals surface area contributed by atoms with E-state index in [0.29, 0.717) is 6.10 Å². The number of nitrogens with one attached hydrogen (secondary N) is 1. The second kappa shape index (κ2) is 7.21. The van der Waals surface area contributed by atoms with Crippen LogP contribution < -0.4 is 5.32 Å². The van der Waals surface area contributed by atoms with Gasteiger partial charge in [-0.05, 0) is 45.7 Å². The van der Waals surface area contributed by atoms with Crippen molar-refractivity contribution < 1.29 is 9.47 Å². The molecule has 1 rings (SSSR count). The summed E-state index contributed by atoms with van der Waals surface area (Å²) in [6, 6.07) is 0. The minimum absolute atomic E-state index is 0.380. The molecule has 14 heavy (non-hydrogen) atoms. The van der Waals surface area contributed by atoms with Crippen LogP contribution in [0.1, 0.15) is 26.2 Å². The zero-order valence-corrected chi connectivity index (χ0v) is 9.42. The van der Waals surface area contributed by atoms with Gasteiger partial charge in [0.25, 0.3) is 0 Å². The Morgan fingerprint density at radius 3 is 2.79 bits per heavy atom. The fraction of sp³-hybridized carbons (Fsp3) is 1.00. The standard InChI is InChI=1S/C11H23NO2/c1-10(3-6-12-2)14-9-11-4-7-13-8-5-11/h10-12H,3-9H2,1-2H3. The number of rotatable bonds is 6. The third-order valence-corrected chi connectivity index (χ3v) is 2.76. The molecule has 1 unspecified atom stereocenters. The SMILES string of the molecule is CNCCC(C)OCC1CCOCC1. The average Bonchev–Trinajstić information content (AvgIpc) is 2.25. The monoisotopic (exact) mass is 201 g/mol. The first-order valence-corrected chi connectivity index (χ1v) is 5.67. The molecule has 1 fully saturated rings. The molecule has 1 N–H and O–H groups in total. The van der Waals surface area contributed by atoms with E-state index in [9.17, 15) is 0 Å². The maximum atomic E-state index is 5.79. The predicted octanol–water partition coefficient (Wildman–Crippen LogP) is 1.43. The van der Waals surface area contributed by atoms with Crippen LogP contribution in [0.15, 0.2) is 0 Å². The van der Waals surface area contributed by atoms with E-state index in [0.717, 1.165) is 38.7 Å². The normalized spacial score (nSPS) is 21.0. The molecule has 84 valence electrons. The second-order valence-electron chi connectivity index (χ2n) is 4.09. The van der Waals surface area contributed by atoms with E-state index in [1.165, 1.54) is 12.8 Å². The smallest absolute Gasteiger partial charge is 0.0559 e. The highest BCUT2D eigenvalue weighted by atomic mass is 16.5. The van der Waals surface area contributed by atoms with E-state index in [2.05, 4.69) is 12.2 Å². The Kier molecular flexibility index (Phi) is 6.15. The van der Waals surface area contributed by atoms with Crippen molar-refractivity contribution in [1.29, 1.82) is 0 Å². The highest BCUT2D eigenvalue weighted by molar-refractivity contribution is 4.63. The first kappa shape index (κ1) is 12.0. The number of hydrogen-bond donors (Lipinski definition) is 1. The molecule has 0 radical (unpaired) electrons. The van der Waals surface area contributed by atoms with Crippen LogP contribution in [0.5, 0.6) is 0 Å². The Morgan fingerprint density at radius 1 is 1.43 bits per heavy atom. The van der Waals surface area contributed by atoms with E-state index in [1.807, 2.05) is 7.05 Å². The predicted molar refractivity (Wildman–Crippen MR) is 57.5 cm³/mol. The van der Waals surface area contributed by atoms with Crippen LogP contribution in [0.4, 0.5) is 0 Å². The van der Waals surface area contributed by atoms with Crippen molar-refractivity contribution in [2.45, 2.75) is 32.3 Å². The van der Waals surface area contributed by atoms with Crippen LogP contribution in [0.2, 0.25) is 0 Å². The van der Waals surface area contributed by atoms with E-state index < -0.39 is 0 Å². The average molecular weight is 201 g/mol. The molecular weight excluding hydrogens is 178 g/mol. The van der Waals surface area contributed by atoms with Crippen LogP contribution in [-0.2, 0) is 9.47 Å². The minimum atomic E-state index is 0.380. The summed E-state index contributed by atoms with van der Waals surface area (Å²) in [5.74, 6) is 0.723. The quantitative estimate of drug-likeness (QED) is 0.705. The molecule has 0 spiro atoms. The van der Waals surface area contributed by atoms with Crippen LogP contribution in [0.3, 0.4) is 0 Å². The van der Waals surface area contributed by atoms with Crippen molar-refractivity contribution >= 4 is 0 Å². The maximum Gasteiger partial charge on any atom is 0.0559 e. The molecule has 1 aliphatic rings. The Hall–Kier alpha value is -0.120. The van der Waals surface area contributed by atoms with Gasteiger partial charge in [0.15, 0.2) is 0 Å². The Labute approximate surface area is 87.2 Å². The molecule has 3 heteroatoms. The molecule has 1 atom stereocenters. The van der Waals surface area contributed by atoms with Crippen molar-refractivity contribution in [3.05, 3.63) is 0 Å². The molecule has 0 aromatic carbocycles. The summed E-state index contributed by atoms with van der Waals surface area (Å²) in [6.07, 6.45) is 3.81. The largest absolute Gasteiger partial charge is 0.381 e.